The van der Waals surface area contributed by atoms with E-state index in [9.17, 15) is 10.4 Å². The Labute approximate surface area is 90.2 Å². The quantitative estimate of drug-likeness (QED) is 0.554. The third-order valence-electron chi connectivity index (χ3n) is 1.51. The molecule has 0 spiro atoms. The van der Waals surface area contributed by atoms with Crippen molar-refractivity contribution in [3.63, 3.8) is 0 Å². The molecule has 0 aromatic carbocycles. The first kappa shape index (κ1) is 12.6. The molecule has 10 nitrogen and oxygen atoms in total. The van der Waals surface area contributed by atoms with Gasteiger partial charge in [0.15, 0.2) is 0 Å². The largest absolute Gasteiger partial charge is 0.762 e. The molecular weight excluding hydrogens is 220 g/mol. The van der Waals surface area contributed by atoms with E-state index in [1.807, 2.05) is 0 Å². The van der Waals surface area contributed by atoms with Gasteiger partial charge in [-0.3, -0.25) is 10.5 Å². The van der Waals surface area contributed by atoms with Crippen molar-refractivity contribution in [2.24, 2.45) is 0 Å². The van der Waals surface area contributed by atoms with E-state index in [1.165, 1.54) is 7.05 Å². The van der Waals surface area contributed by atoms with Crippen LogP contribution >= 0.6 is 0 Å². The maximum absolute atomic E-state index is 10.4. The molecule has 0 saturated carbocycles. The van der Waals surface area contributed by atoms with Crippen LogP contribution in [-0.2, 0) is 13.1 Å². The average Bonchev–Trinajstić information content (AvgIpc) is 2.14. The molecule has 10 heteroatoms. The predicted octanol–water partition coefficient (Wildman–Crippen LogP) is -0.709. The third kappa shape index (κ3) is 3.98. The Morgan fingerprint density at radius 2 is 1.50 bits per heavy atom. The molecule has 0 radical (unpaired) electrons. The fraction of sp³-hybridized carbons (Fsp3) is 0.500. The summed E-state index contributed by atoms with van der Waals surface area (Å²) in [5.74, 6) is 0.0890. The molecule has 0 amide bonds. The van der Waals surface area contributed by atoms with Gasteiger partial charge in [0.1, 0.15) is 11.6 Å². The molecule has 1 heterocycles. The van der Waals surface area contributed by atoms with Crippen LogP contribution in [0.5, 0.6) is 0 Å². The van der Waals surface area contributed by atoms with Crippen molar-refractivity contribution < 1.29 is 10.4 Å². The molecule has 0 aliphatic carbocycles. The molecule has 1 aromatic rings. The normalized spacial score (nSPS) is 11.2. The number of hydroxylamine groups is 4. The minimum Gasteiger partial charge on any atom is -0.762 e. The van der Waals surface area contributed by atoms with Crippen LogP contribution in [0, 0.1) is 10.4 Å². The van der Waals surface area contributed by atoms with E-state index in [0.29, 0.717) is 0 Å². The van der Waals surface area contributed by atoms with Crippen LogP contribution in [0.15, 0.2) is 0 Å². The van der Waals surface area contributed by atoms with Gasteiger partial charge in [0.25, 0.3) is 0 Å². The molecule has 0 bridgehead atoms. The summed E-state index contributed by atoms with van der Waals surface area (Å²) in [6.45, 7) is -0.928. The summed E-state index contributed by atoms with van der Waals surface area (Å²) >= 11 is 0. The van der Waals surface area contributed by atoms with Gasteiger partial charge in [0.05, 0.1) is 13.1 Å². The number of aromatic nitrogens is 3. The van der Waals surface area contributed by atoms with Crippen LogP contribution in [0.3, 0.4) is 0 Å². The lowest BCUT2D eigenvalue weighted by molar-refractivity contribution is -0.0535. The van der Waals surface area contributed by atoms with Crippen molar-refractivity contribution >= 4 is 5.95 Å². The molecule has 90 valence electrons. The van der Waals surface area contributed by atoms with E-state index in [2.05, 4.69) is 20.3 Å². The Hall–Kier alpha value is -1.43. The highest BCUT2D eigenvalue weighted by Gasteiger charge is 2.06. The van der Waals surface area contributed by atoms with Crippen molar-refractivity contribution in [2.75, 3.05) is 12.4 Å². The lowest BCUT2D eigenvalue weighted by Gasteiger charge is -2.20. The zero-order valence-corrected chi connectivity index (χ0v) is 8.36. The summed E-state index contributed by atoms with van der Waals surface area (Å²) in [6.07, 6.45) is 0. The van der Waals surface area contributed by atoms with Gasteiger partial charge in [-0.1, -0.05) is 0 Å². The van der Waals surface area contributed by atoms with Crippen LogP contribution in [0.2, 0.25) is 0 Å². The van der Waals surface area contributed by atoms with Crippen LogP contribution in [-0.4, -0.2) is 42.9 Å². The molecule has 0 fully saturated rings. The molecule has 0 aliphatic rings. The minimum absolute atomic E-state index is 0.0197. The summed E-state index contributed by atoms with van der Waals surface area (Å²) < 4.78 is 0. The third-order valence-corrected chi connectivity index (χ3v) is 1.51. The van der Waals surface area contributed by atoms with Gasteiger partial charge in [-0.25, -0.2) is 4.98 Å². The van der Waals surface area contributed by atoms with E-state index >= 15 is 0 Å². The topological polar surface area (TPSA) is 144 Å². The second-order valence-corrected chi connectivity index (χ2v) is 2.76. The Kier molecular flexibility index (Phi) is 4.42. The predicted molar refractivity (Wildman–Crippen MR) is 50.8 cm³/mol. The molecule has 1 aromatic heterocycles. The van der Waals surface area contributed by atoms with Crippen molar-refractivity contribution in [1.82, 2.24) is 25.4 Å². The first-order valence-corrected chi connectivity index (χ1v) is 4.20. The van der Waals surface area contributed by atoms with Gasteiger partial charge in [0.2, 0.25) is 5.95 Å². The number of hydrogen-bond acceptors (Lipinski definition) is 10. The summed E-state index contributed by atoms with van der Waals surface area (Å²) in [7, 11) is 1.53. The van der Waals surface area contributed by atoms with Crippen molar-refractivity contribution in [3.05, 3.63) is 22.1 Å². The molecule has 16 heavy (non-hydrogen) atoms. The Morgan fingerprint density at radius 3 is 1.81 bits per heavy atom. The number of nitrogens with one attached hydrogen (secondary N) is 1. The minimum atomic E-state index is -0.464. The van der Waals surface area contributed by atoms with Crippen LogP contribution in [0.25, 0.3) is 0 Å². The van der Waals surface area contributed by atoms with Gasteiger partial charge < -0.3 is 26.1 Å². The van der Waals surface area contributed by atoms with Gasteiger partial charge in [0, 0.05) is 7.05 Å². The molecule has 0 atom stereocenters. The second-order valence-electron chi connectivity index (χ2n) is 2.76. The van der Waals surface area contributed by atoms with Crippen LogP contribution in [0.4, 0.5) is 5.95 Å². The second kappa shape index (κ2) is 5.60. The standard InChI is InChI=1S/C6H10N6O4/c1-7-6-9-4(2-11(13)14)8-5(10-6)3-12(15)16/h13,15H,2-3H2,1H3,(H,7,8,9,10)/q-2. The van der Waals surface area contributed by atoms with Crippen molar-refractivity contribution in [2.45, 2.75) is 13.1 Å². The smallest absolute Gasteiger partial charge is 0.226 e. The summed E-state index contributed by atoms with van der Waals surface area (Å²) in [5, 5.41) is 39.6. The molecule has 0 unspecified atom stereocenters. The highest BCUT2D eigenvalue weighted by Crippen LogP contribution is 2.04. The van der Waals surface area contributed by atoms with E-state index < -0.39 is 13.1 Å². The maximum atomic E-state index is 10.4. The lowest BCUT2D eigenvalue weighted by atomic mass is 10.5. The summed E-state index contributed by atoms with van der Waals surface area (Å²) in [4.78, 5) is 11.2. The highest BCUT2D eigenvalue weighted by atomic mass is 16.8. The monoisotopic (exact) mass is 230 g/mol. The molecule has 0 aliphatic heterocycles. The van der Waals surface area contributed by atoms with Gasteiger partial charge in [-0.2, -0.15) is 9.97 Å². The van der Waals surface area contributed by atoms with Crippen molar-refractivity contribution in [1.29, 1.82) is 0 Å². The Bertz CT molecular complexity index is 318. The lowest BCUT2D eigenvalue weighted by Crippen LogP contribution is -2.18. The number of rotatable bonds is 5. The summed E-state index contributed by atoms with van der Waals surface area (Å²) in [5.41, 5.74) is 0. The molecular formula is C6H10N6O4-2. The van der Waals surface area contributed by atoms with E-state index in [0.717, 1.165) is 0 Å². The van der Waals surface area contributed by atoms with Crippen LogP contribution < -0.4 is 5.32 Å². The van der Waals surface area contributed by atoms with E-state index in [1.54, 1.807) is 0 Å². The fourth-order valence-electron chi connectivity index (χ4n) is 0.964. The maximum Gasteiger partial charge on any atom is 0.226 e. The molecule has 1 rings (SSSR count). The van der Waals surface area contributed by atoms with E-state index in [-0.39, 0.29) is 28.1 Å². The van der Waals surface area contributed by atoms with Gasteiger partial charge in [-0.05, 0) is 0 Å². The SMILES string of the molecule is CNc1nc(CN([O-])O)nc(CN([O-])O)n1. The Morgan fingerprint density at radius 1 is 1.06 bits per heavy atom. The van der Waals surface area contributed by atoms with Crippen molar-refractivity contribution in [3.8, 4) is 0 Å². The number of anilines is 1. The molecule has 0 saturated heterocycles. The first-order chi connectivity index (χ1) is 7.51. The zero-order valence-electron chi connectivity index (χ0n) is 8.36. The first-order valence-electron chi connectivity index (χ1n) is 4.20. The number of nitrogens with zero attached hydrogens (tertiary/aromatic N) is 5. The fourth-order valence-corrected chi connectivity index (χ4v) is 0.964. The van der Waals surface area contributed by atoms with Gasteiger partial charge >= 0.3 is 0 Å². The average molecular weight is 230 g/mol. The summed E-state index contributed by atoms with van der Waals surface area (Å²) in [6, 6.07) is 0. The van der Waals surface area contributed by atoms with Gasteiger partial charge in [-0.15, -0.1) is 0 Å². The zero-order chi connectivity index (χ0) is 12.1. The Balaban J connectivity index is 2.91. The van der Waals surface area contributed by atoms with Crippen LogP contribution in [0.1, 0.15) is 11.6 Å². The highest BCUT2D eigenvalue weighted by molar-refractivity contribution is 5.22. The van der Waals surface area contributed by atoms with E-state index in [4.69, 9.17) is 10.4 Å². The molecule has 3 N–H and O–H groups in total. The number of hydrogen-bond donors (Lipinski definition) is 3.